The lowest BCUT2D eigenvalue weighted by molar-refractivity contribution is -0.195. The molecule has 1 aromatic carbocycles. The lowest BCUT2D eigenvalue weighted by Gasteiger charge is -2.31. The number of carbonyl (C=O) groups excluding carboxylic acids is 5. The molecule has 4 amide bonds. The Labute approximate surface area is 273 Å². The van der Waals surface area contributed by atoms with Crippen LogP contribution in [0.4, 0.5) is 5.69 Å². The molecule has 3 atom stereocenters. The predicted molar refractivity (Wildman–Crippen MR) is 166 cm³/mol. The van der Waals surface area contributed by atoms with Gasteiger partial charge in [-0.05, 0) is 30.5 Å². The molecule has 2 aliphatic rings. The molecule has 1 aromatic rings. The summed E-state index contributed by atoms with van der Waals surface area (Å²) in [6.07, 6.45) is -1.10. The number of imide groups is 1. The van der Waals surface area contributed by atoms with E-state index in [0.29, 0.717) is 38.2 Å². The number of primary amides is 1. The molecule has 0 spiro atoms. The van der Waals surface area contributed by atoms with E-state index in [9.17, 15) is 34.2 Å². The first-order chi connectivity index (χ1) is 22.5. The van der Waals surface area contributed by atoms with Crippen molar-refractivity contribution in [2.75, 3.05) is 38.3 Å². The number of aliphatic carboxylic acids is 1. The number of amides is 4. The van der Waals surface area contributed by atoms with Gasteiger partial charge in [-0.3, -0.25) is 28.9 Å². The number of unbranched alkanes of at least 4 members (excludes halogenated alkanes) is 1. The first kappa shape index (κ1) is 40.9. The zero-order valence-corrected chi connectivity index (χ0v) is 27.1. The van der Waals surface area contributed by atoms with E-state index in [1.807, 2.05) is 13.8 Å². The summed E-state index contributed by atoms with van der Waals surface area (Å²) in [5.41, 5.74) is 5.04. The average Bonchev–Trinajstić information content (AvgIpc) is 3.35. The van der Waals surface area contributed by atoms with Crippen LogP contribution in [0.5, 0.6) is 5.75 Å². The summed E-state index contributed by atoms with van der Waals surface area (Å²) in [4.78, 5) is 68.1. The SMILES string of the molecule is CC.CC(=O)OCc1ccc(OC2CC(O)CC(C(=O)O)O2)c(NC(=O)CCCCOCCOCCN2C(=O)CCC2=O)c1.NC=O. The molecule has 0 saturated carbocycles. The van der Waals surface area contributed by atoms with Crippen molar-refractivity contribution in [2.24, 2.45) is 5.73 Å². The first-order valence-electron chi connectivity index (χ1n) is 15.5. The molecular formula is C31H47N3O13. The highest BCUT2D eigenvalue weighted by atomic mass is 16.7. The second-order valence-electron chi connectivity index (χ2n) is 10.1. The zero-order valence-electron chi connectivity index (χ0n) is 27.1. The van der Waals surface area contributed by atoms with Crippen LogP contribution in [0.15, 0.2) is 18.2 Å². The van der Waals surface area contributed by atoms with Crippen LogP contribution in [0.1, 0.15) is 71.3 Å². The fourth-order valence-corrected chi connectivity index (χ4v) is 4.34. The number of esters is 1. The Kier molecular flexibility index (Phi) is 20.2. The zero-order chi connectivity index (χ0) is 35.2. The number of carbonyl (C=O) groups is 6. The molecular weight excluding hydrogens is 622 g/mol. The number of hydrogen-bond donors (Lipinski definition) is 4. The topological polar surface area (TPSA) is 230 Å². The molecule has 16 nitrogen and oxygen atoms in total. The van der Waals surface area contributed by atoms with Gasteiger partial charge in [-0.1, -0.05) is 19.9 Å². The molecule has 47 heavy (non-hydrogen) atoms. The molecule has 3 unspecified atom stereocenters. The number of likely N-dealkylation sites (tertiary alicyclic amines) is 1. The van der Waals surface area contributed by atoms with Crippen LogP contribution in [0.2, 0.25) is 0 Å². The maximum atomic E-state index is 12.7. The largest absolute Gasteiger partial charge is 0.479 e. The Morgan fingerprint density at radius 3 is 2.30 bits per heavy atom. The minimum atomic E-state index is -1.22. The van der Waals surface area contributed by atoms with E-state index < -0.39 is 30.4 Å². The summed E-state index contributed by atoms with van der Waals surface area (Å²) in [7, 11) is 0. The molecule has 0 aliphatic carbocycles. The average molecular weight is 670 g/mol. The highest BCUT2D eigenvalue weighted by molar-refractivity contribution is 6.01. The van der Waals surface area contributed by atoms with Crippen LogP contribution in [0.25, 0.3) is 0 Å². The number of rotatable bonds is 17. The fraction of sp³-hybridized carbons (Fsp3) is 0.613. The third-order valence-electron chi connectivity index (χ3n) is 6.49. The van der Waals surface area contributed by atoms with E-state index in [1.165, 1.54) is 11.8 Å². The molecule has 2 saturated heterocycles. The van der Waals surface area contributed by atoms with Crippen molar-refractivity contribution in [1.82, 2.24) is 4.90 Å². The molecule has 3 rings (SSSR count). The molecule has 2 fully saturated rings. The third kappa shape index (κ3) is 16.3. The van der Waals surface area contributed by atoms with Gasteiger partial charge in [-0.2, -0.15) is 0 Å². The molecule has 5 N–H and O–H groups in total. The molecule has 2 aliphatic heterocycles. The van der Waals surface area contributed by atoms with Gasteiger partial charge in [0, 0.05) is 45.6 Å². The van der Waals surface area contributed by atoms with Gasteiger partial charge in [0.25, 0.3) is 0 Å². The summed E-state index contributed by atoms with van der Waals surface area (Å²) >= 11 is 0. The van der Waals surface area contributed by atoms with Crippen molar-refractivity contribution >= 4 is 41.8 Å². The minimum absolute atomic E-state index is 0.0201. The number of aliphatic hydroxyl groups is 1. The van der Waals surface area contributed by atoms with Crippen LogP contribution < -0.4 is 15.8 Å². The summed E-state index contributed by atoms with van der Waals surface area (Å²) in [6, 6.07) is 4.77. The Bertz CT molecular complexity index is 1150. The number of carboxylic acids is 1. The van der Waals surface area contributed by atoms with Crippen molar-refractivity contribution in [3.05, 3.63) is 23.8 Å². The maximum Gasteiger partial charge on any atom is 0.333 e. The summed E-state index contributed by atoms with van der Waals surface area (Å²) < 4.78 is 27.2. The molecule has 2 heterocycles. The highest BCUT2D eigenvalue weighted by Crippen LogP contribution is 2.31. The summed E-state index contributed by atoms with van der Waals surface area (Å²) in [6.45, 7) is 6.82. The van der Waals surface area contributed by atoms with E-state index in [1.54, 1.807) is 18.2 Å². The number of aliphatic hydroxyl groups excluding tert-OH is 1. The quantitative estimate of drug-likeness (QED) is 0.0798. The smallest absolute Gasteiger partial charge is 0.333 e. The molecule has 0 bridgehead atoms. The van der Waals surface area contributed by atoms with E-state index in [4.69, 9.17) is 28.5 Å². The maximum absolute atomic E-state index is 12.7. The number of hydrogen-bond acceptors (Lipinski definition) is 12. The monoisotopic (exact) mass is 669 g/mol. The van der Waals surface area contributed by atoms with Gasteiger partial charge < -0.3 is 44.9 Å². The number of anilines is 1. The third-order valence-corrected chi connectivity index (χ3v) is 6.49. The van der Waals surface area contributed by atoms with Crippen molar-refractivity contribution < 1.29 is 62.7 Å². The number of carboxylic acid groups (broad SMARTS) is 1. The Morgan fingerprint density at radius 1 is 1.04 bits per heavy atom. The van der Waals surface area contributed by atoms with Crippen molar-refractivity contribution in [3.8, 4) is 5.75 Å². The molecule has 0 aromatic heterocycles. The van der Waals surface area contributed by atoms with Crippen LogP contribution in [0.3, 0.4) is 0 Å². The van der Waals surface area contributed by atoms with E-state index in [2.05, 4.69) is 11.1 Å². The number of nitrogens with two attached hydrogens (primary N) is 1. The van der Waals surface area contributed by atoms with Crippen molar-refractivity contribution in [2.45, 2.75) is 90.8 Å². The van der Waals surface area contributed by atoms with Gasteiger partial charge in [-0.15, -0.1) is 0 Å². The van der Waals surface area contributed by atoms with E-state index >= 15 is 0 Å². The molecule has 16 heteroatoms. The van der Waals surface area contributed by atoms with Gasteiger partial charge in [-0.25, -0.2) is 4.79 Å². The Morgan fingerprint density at radius 2 is 1.68 bits per heavy atom. The predicted octanol–water partition coefficient (Wildman–Crippen LogP) is 1.50. The highest BCUT2D eigenvalue weighted by Gasteiger charge is 2.34. The lowest BCUT2D eigenvalue weighted by atomic mass is 10.1. The summed E-state index contributed by atoms with van der Waals surface area (Å²) in [5.74, 6) is -2.11. The normalized spacial score (nSPS) is 18.6. The second kappa shape index (κ2) is 23.2. The van der Waals surface area contributed by atoms with Gasteiger partial charge in [0.1, 0.15) is 12.4 Å². The van der Waals surface area contributed by atoms with Gasteiger partial charge in [0.2, 0.25) is 30.4 Å². The second-order valence-corrected chi connectivity index (χ2v) is 10.1. The van der Waals surface area contributed by atoms with Crippen molar-refractivity contribution in [1.29, 1.82) is 0 Å². The van der Waals surface area contributed by atoms with E-state index in [-0.39, 0.29) is 87.4 Å². The molecule has 264 valence electrons. The van der Waals surface area contributed by atoms with E-state index in [0.717, 1.165) is 0 Å². The fourth-order valence-electron chi connectivity index (χ4n) is 4.34. The van der Waals surface area contributed by atoms with Crippen LogP contribution in [-0.2, 0) is 54.3 Å². The van der Waals surface area contributed by atoms with Crippen molar-refractivity contribution in [3.63, 3.8) is 0 Å². The van der Waals surface area contributed by atoms with Crippen LogP contribution in [-0.4, -0.2) is 103 Å². The Balaban J connectivity index is 0.00000208. The van der Waals surface area contributed by atoms with Gasteiger partial charge in [0.15, 0.2) is 6.10 Å². The van der Waals surface area contributed by atoms with Crippen LogP contribution in [0, 0.1) is 0 Å². The van der Waals surface area contributed by atoms with Gasteiger partial charge in [0.05, 0.1) is 38.2 Å². The molecule has 0 radical (unpaired) electrons. The number of nitrogens with zero attached hydrogens (tertiary/aromatic N) is 1. The van der Waals surface area contributed by atoms with Gasteiger partial charge >= 0.3 is 11.9 Å². The summed E-state index contributed by atoms with van der Waals surface area (Å²) in [5, 5.41) is 22.1. The Hall–Kier alpha value is -4.12. The lowest BCUT2D eigenvalue weighted by Crippen LogP contribution is -2.42. The number of ether oxygens (including phenoxy) is 5. The van der Waals surface area contributed by atoms with Crippen LogP contribution >= 0.6 is 0 Å². The minimum Gasteiger partial charge on any atom is -0.479 e. The number of benzene rings is 1. The first-order valence-corrected chi connectivity index (χ1v) is 15.5. The standard InChI is InChI=1S/C28H38N2O12.C2H6.CH3NO/c1-18(31)40-17-19-5-6-22(41-27-16-20(32)15-23(42-27)28(36)37)21(14-19)29-24(33)4-2-3-10-38-12-13-39-11-9-30-25(34)7-8-26(30)35;1-2;2-1-3/h5-6,14,20,23,27,32H,2-4,7-13,15-17H2,1H3,(H,29,33)(H,36,37);1-2H3;1H,(H2,2,3). The number of nitrogens with one attached hydrogen (secondary N) is 1.